The zero-order valence-electron chi connectivity index (χ0n) is 20.7. The second-order valence-electron chi connectivity index (χ2n) is 9.15. The van der Waals surface area contributed by atoms with E-state index in [-0.39, 0.29) is 23.9 Å². The van der Waals surface area contributed by atoms with Crippen LogP contribution in [0.2, 0.25) is 0 Å². The highest BCUT2D eigenvalue weighted by atomic mass is 35.5. The van der Waals surface area contributed by atoms with Gasteiger partial charge in [-0.1, -0.05) is 19.9 Å². The zero-order valence-corrected chi connectivity index (χ0v) is 22.2. The van der Waals surface area contributed by atoms with Crippen LogP contribution in [-0.4, -0.2) is 49.4 Å². The molecule has 0 saturated heterocycles. The first-order valence-corrected chi connectivity index (χ1v) is 12.4. The molecule has 0 spiro atoms. The van der Waals surface area contributed by atoms with Gasteiger partial charge in [-0.15, -0.1) is 29.8 Å². The molecular weight excluding hydrogens is 471 g/mol. The van der Waals surface area contributed by atoms with E-state index in [1.165, 1.54) is 0 Å². The Labute approximate surface area is 213 Å². The molecule has 2 rings (SSSR count). The van der Waals surface area contributed by atoms with Crippen LogP contribution in [0, 0.1) is 5.41 Å². The molecule has 1 aliphatic carbocycles. The molecule has 0 unspecified atom stereocenters. The van der Waals surface area contributed by atoms with Crippen LogP contribution >= 0.6 is 23.2 Å². The Bertz CT molecular complexity index is 1020. The lowest BCUT2D eigenvalue weighted by molar-refractivity contribution is -0.121. The van der Waals surface area contributed by atoms with Crippen LogP contribution in [0.15, 0.2) is 59.2 Å². The summed E-state index contributed by atoms with van der Waals surface area (Å²) < 4.78 is 0. The van der Waals surface area contributed by atoms with Gasteiger partial charge in [0.1, 0.15) is 0 Å². The second-order valence-corrected chi connectivity index (χ2v) is 9.91. The van der Waals surface area contributed by atoms with Crippen LogP contribution in [0.4, 0.5) is 11.4 Å². The van der Waals surface area contributed by atoms with Gasteiger partial charge in [0.15, 0.2) is 11.6 Å². The minimum Gasteiger partial charge on any atom is -0.369 e. The van der Waals surface area contributed by atoms with Gasteiger partial charge in [-0.2, -0.15) is 0 Å². The molecule has 0 fully saturated rings. The smallest absolute Gasteiger partial charge is 0.227 e. The molecule has 0 heterocycles. The molecule has 7 heteroatoms. The highest BCUT2D eigenvalue weighted by Crippen LogP contribution is 2.40. The molecule has 5 nitrogen and oxygen atoms in total. The Kier molecular flexibility index (Phi) is 9.72. The fourth-order valence-corrected chi connectivity index (χ4v) is 4.81. The fraction of sp³-hybridized carbons (Fsp3) is 0.444. The molecule has 0 atom stereocenters. The number of carbonyl (C=O) groups excluding carboxylic acids is 3. The number of benzene rings is 1. The number of hydrogen-bond donors (Lipinski definition) is 0. The van der Waals surface area contributed by atoms with Crippen molar-refractivity contribution in [2.24, 2.45) is 5.41 Å². The van der Waals surface area contributed by atoms with Crippen LogP contribution < -0.4 is 9.80 Å². The Morgan fingerprint density at radius 2 is 1.50 bits per heavy atom. The van der Waals surface area contributed by atoms with Gasteiger partial charge in [-0.05, 0) is 44.5 Å². The SMILES string of the molecule is C=CCC1=C(C)C(=O)C(C(C)(C)CC(=O)N(C)c2ccc(N(CCCl)CCCl)cc2)=C(C)C1=O. The second kappa shape index (κ2) is 11.9. The third kappa shape index (κ3) is 6.00. The number of ketones is 2. The van der Waals surface area contributed by atoms with Crippen LogP contribution in [0.5, 0.6) is 0 Å². The summed E-state index contributed by atoms with van der Waals surface area (Å²) in [6.45, 7) is 12.1. The first kappa shape index (κ1) is 27.9. The molecule has 0 N–H and O–H groups in total. The predicted octanol–water partition coefficient (Wildman–Crippen LogP) is 5.71. The van der Waals surface area contributed by atoms with E-state index in [9.17, 15) is 14.4 Å². The minimum atomic E-state index is -0.805. The maximum absolute atomic E-state index is 13.2. The summed E-state index contributed by atoms with van der Waals surface area (Å²) in [5.41, 5.74) is 2.67. The van der Waals surface area contributed by atoms with E-state index in [4.69, 9.17) is 23.2 Å². The van der Waals surface area contributed by atoms with Gasteiger partial charge in [-0.25, -0.2) is 0 Å². The van der Waals surface area contributed by atoms with Crippen molar-refractivity contribution in [2.75, 3.05) is 41.7 Å². The summed E-state index contributed by atoms with van der Waals surface area (Å²) in [6.07, 6.45) is 2.07. The van der Waals surface area contributed by atoms with Crippen molar-refractivity contribution < 1.29 is 14.4 Å². The molecule has 0 aliphatic heterocycles. The highest BCUT2D eigenvalue weighted by Gasteiger charge is 2.39. The van der Waals surface area contributed by atoms with Crippen molar-refractivity contribution in [3.63, 3.8) is 0 Å². The Hall–Kier alpha value is -2.37. The van der Waals surface area contributed by atoms with E-state index in [0.717, 1.165) is 11.4 Å². The zero-order chi connectivity index (χ0) is 25.6. The van der Waals surface area contributed by atoms with Crippen molar-refractivity contribution >= 4 is 52.1 Å². The summed E-state index contributed by atoms with van der Waals surface area (Å²) in [5.74, 6) is 0.529. The number of hydrogen-bond acceptors (Lipinski definition) is 4. The normalized spacial score (nSPS) is 14.6. The topological polar surface area (TPSA) is 57.7 Å². The highest BCUT2D eigenvalue weighted by molar-refractivity contribution is 6.25. The molecule has 1 aromatic rings. The predicted molar refractivity (Wildman–Crippen MR) is 142 cm³/mol. The lowest BCUT2D eigenvalue weighted by Gasteiger charge is -2.33. The number of rotatable bonds is 11. The molecular formula is C27H34Cl2N2O3. The average molecular weight is 505 g/mol. The van der Waals surface area contributed by atoms with Crippen molar-refractivity contribution in [2.45, 2.75) is 40.5 Å². The van der Waals surface area contributed by atoms with E-state index < -0.39 is 5.41 Å². The molecule has 1 aliphatic rings. The maximum Gasteiger partial charge on any atom is 0.227 e. The van der Waals surface area contributed by atoms with Crippen molar-refractivity contribution in [1.29, 1.82) is 0 Å². The largest absolute Gasteiger partial charge is 0.369 e. The average Bonchev–Trinajstić information content (AvgIpc) is 2.79. The molecule has 1 amide bonds. The Morgan fingerprint density at radius 3 is 2.00 bits per heavy atom. The van der Waals surface area contributed by atoms with Crippen LogP contribution in [0.25, 0.3) is 0 Å². The van der Waals surface area contributed by atoms with Gasteiger partial charge >= 0.3 is 0 Å². The molecule has 184 valence electrons. The van der Waals surface area contributed by atoms with E-state index >= 15 is 0 Å². The summed E-state index contributed by atoms with van der Waals surface area (Å²) >= 11 is 11.8. The standard InChI is InChI=1S/C27H34Cl2N2O3/c1-7-8-22-18(2)26(34)24(19(3)25(22)33)27(4,5)17-23(32)30(6)20-9-11-21(12-10-20)31(15-13-28)16-14-29/h7,9-12H,1,8,13-17H2,2-6H3. The Morgan fingerprint density at radius 1 is 0.971 bits per heavy atom. The van der Waals surface area contributed by atoms with E-state index in [1.807, 2.05) is 38.1 Å². The van der Waals surface area contributed by atoms with Gasteiger partial charge in [-0.3, -0.25) is 14.4 Å². The fourth-order valence-electron chi connectivity index (χ4n) is 4.40. The van der Waals surface area contributed by atoms with Crippen LogP contribution in [0.1, 0.15) is 40.5 Å². The van der Waals surface area contributed by atoms with Gasteiger partial charge in [0.2, 0.25) is 5.91 Å². The summed E-state index contributed by atoms with van der Waals surface area (Å²) in [7, 11) is 1.71. The van der Waals surface area contributed by atoms with Gasteiger partial charge in [0, 0.05) is 77.4 Å². The van der Waals surface area contributed by atoms with Crippen LogP contribution in [0.3, 0.4) is 0 Å². The van der Waals surface area contributed by atoms with Gasteiger partial charge in [0.05, 0.1) is 0 Å². The lowest BCUT2D eigenvalue weighted by Crippen LogP contribution is -2.36. The number of anilines is 2. The number of amides is 1. The number of alkyl halides is 2. The van der Waals surface area contributed by atoms with E-state index in [1.54, 1.807) is 31.9 Å². The Balaban J connectivity index is 2.23. The number of allylic oxidation sites excluding steroid dienone is 5. The third-order valence-corrected chi connectivity index (χ3v) is 6.65. The number of Topliss-reactive ketones (excluding diaryl/α,β-unsaturated/α-hetero) is 2. The van der Waals surface area contributed by atoms with Gasteiger partial charge < -0.3 is 9.80 Å². The quantitative estimate of drug-likeness (QED) is 0.220. The minimum absolute atomic E-state index is 0.0889. The number of nitrogens with zero attached hydrogens (tertiary/aromatic N) is 2. The lowest BCUT2D eigenvalue weighted by atomic mass is 9.70. The van der Waals surface area contributed by atoms with Crippen LogP contribution in [-0.2, 0) is 14.4 Å². The van der Waals surface area contributed by atoms with Crippen molar-refractivity contribution in [3.8, 4) is 0 Å². The van der Waals surface area contributed by atoms with Crippen molar-refractivity contribution in [1.82, 2.24) is 0 Å². The van der Waals surface area contributed by atoms with E-state index in [0.29, 0.717) is 53.6 Å². The number of carbonyl (C=O) groups is 3. The summed E-state index contributed by atoms with van der Waals surface area (Å²) in [5, 5.41) is 0. The third-order valence-electron chi connectivity index (χ3n) is 6.31. The number of halogens is 2. The molecule has 0 aromatic heterocycles. The van der Waals surface area contributed by atoms with Crippen molar-refractivity contribution in [3.05, 3.63) is 59.2 Å². The van der Waals surface area contributed by atoms with Gasteiger partial charge in [0.25, 0.3) is 0 Å². The first-order valence-electron chi connectivity index (χ1n) is 11.3. The maximum atomic E-state index is 13.2. The molecule has 1 aromatic carbocycles. The first-order chi connectivity index (χ1) is 16.0. The summed E-state index contributed by atoms with van der Waals surface area (Å²) in [6, 6.07) is 7.64. The monoisotopic (exact) mass is 504 g/mol. The van der Waals surface area contributed by atoms with E-state index in [2.05, 4.69) is 11.5 Å². The molecule has 0 saturated carbocycles. The molecule has 0 radical (unpaired) electrons. The molecule has 34 heavy (non-hydrogen) atoms. The summed E-state index contributed by atoms with van der Waals surface area (Å²) in [4.78, 5) is 43.0. The molecule has 0 bridgehead atoms.